The Labute approximate surface area is 122 Å². The van der Waals surface area contributed by atoms with Crippen LogP contribution in [0.4, 0.5) is 0 Å². The molecule has 0 radical (unpaired) electrons. The Hall–Kier alpha value is -1.82. The van der Waals surface area contributed by atoms with Crippen molar-refractivity contribution in [3.63, 3.8) is 0 Å². The molecule has 0 heteroatoms. The van der Waals surface area contributed by atoms with Gasteiger partial charge < -0.3 is 0 Å². The van der Waals surface area contributed by atoms with Gasteiger partial charge in [-0.15, -0.1) is 0 Å². The molecule has 2 unspecified atom stereocenters. The number of rotatable bonds is 2. The highest BCUT2D eigenvalue weighted by Crippen LogP contribution is 2.35. The third kappa shape index (κ3) is 2.85. The van der Waals surface area contributed by atoms with Crippen LogP contribution >= 0.6 is 0 Å². The number of benzene rings is 2. The molecular weight excluding hydrogens is 240 g/mol. The van der Waals surface area contributed by atoms with E-state index in [0.717, 1.165) is 0 Å². The first-order chi connectivity index (χ1) is 9.72. The minimum absolute atomic E-state index is 0.595. The molecule has 0 bridgehead atoms. The van der Waals surface area contributed by atoms with E-state index >= 15 is 0 Å². The Kier molecular flexibility index (Phi) is 3.73. The van der Waals surface area contributed by atoms with E-state index in [1.165, 1.54) is 35.1 Å². The molecule has 0 heterocycles. The van der Waals surface area contributed by atoms with Crippen LogP contribution in [0.2, 0.25) is 0 Å². The maximum absolute atomic E-state index is 2.40. The number of aryl methyl sites for hydroxylation is 2. The minimum Gasteiger partial charge on any atom is -0.0804 e. The van der Waals surface area contributed by atoms with Crippen molar-refractivity contribution in [2.24, 2.45) is 0 Å². The van der Waals surface area contributed by atoms with Gasteiger partial charge >= 0.3 is 0 Å². The largest absolute Gasteiger partial charge is 0.0804 e. The summed E-state index contributed by atoms with van der Waals surface area (Å²) in [6.45, 7) is 4.29. The highest BCUT2D eigenvalue weighted by atomic mass is 14.2. The topological polar surface area (TPSA) is 0 Å². The van der Waals surface area contributed by atoms with Gasteiger partial charge in [0.15, 0.2) is 0 Å². The fraction of sp³-hybridized carbons (Fsp3) is 0.300. The Bertz CT molecular complexity index is 531. The molecule has 0 saturated heterocycles. The molecule has 0 nitrogen and oxygen atoms in total. The quantitative estimate of drug-likeness (QED) is 0.625. The molecule has 3 rings (SSSR count). The van der Waals surface area contributed by atoms with E-state index in [-0.39, 0.29) is 0 Å². The first kappa shape index (κ1) is 13.2. The highest BCUT2D eigenvalue weighted by Gasteiger charge is 2.18. The molecule has 1 aliphatic rings. The molecule has 0 N–H and O–H groups in total. The van der Waals surface area contributed by atoms with Gasteiger partial charge in [0, 0.05) is 11.8 Å². The van der Waals surface area contributed by atoms with Crippen LogP contribution in [-0.2, 0) is 0 Å². The first-order valence-electron chi connectivity index (χ1n) is 7.54. The molecule has 0 aromatic heterocycles. The van der Waals surface area contributed by atoms with Gasteiger partial charge in [-0.05, 0) is 37.8 Å². The van der Waals surface area contributed by atoms with Crippen LogP contribution in [0.25, 0.3) is 0 Å². The second-order valence-corrected chi connectivity index (χ2v) is 6.00. The molecule has 0 amide bonds. The molecule has 102 valence electrons. The van der Waals surface area contributed by atoms with Gasteiger partial charge in [-0.25, -0.2) is 0 Å². The molecule has 0 spiro atoms. The minimum atomic E-state index is 0.595. The van der Waals surface area contributed by atoms with Crippen LogP contribution in [0.15, 0.2) is 60.7 Å². The molecule has 20 heavy (non-hydrogen) atoms. The smallest absolute Gasteiger partial charge is 0.00185 e. The maximum Gasteiger partial charge on any atom is 0.00185 e. The Morgan fingerprint density at radius 2 is 0.950 bits per heavy atom. The molecule has 2 atom stereocenters. The van der Waals surface area contributed by atoms with Gasteiger partial charge in [-0.1, -0.05) is 71.8 Å². The average Bonchev–Trinajstić information content (AvgIpc) is 2.49. The first-order valence-corrected chi connectivity index (χ1v) is 7.54. The summed E-state index contributed by atoms with van der Waals surface area (Å²) in [6, 6.07) is 18.0. The van der Waals surface area contributed by atoms with Crippen molar-refractivity contribution in [1.82, 2.24) is 0 Å². The van der Waals surface area contributed by atoms with Crippen molar-refractivity contribution in [3.05, 3.63) is 82.9 Å². The van der Waals surface area contributed by atoms with Gasteiger partial charge in [-0.3, -0.25) is 0 Å². The van der Waals surface area contributed by atoms with Gasteiger partial charge in [0.1, 0.15) is 0 Å². The zero-order valence-corrected chi connectivity index (χ0v) is 12.3. The zero-order chi connectivity index (χ0) is 13.9. The van der Waals surface area contributed by atoms with Crippen molar-refractivity contribution in [2.45, 2.75) is 38.5 Å². The third-order valence-corrected chi connectivity index (χ3v) is 4.38. The number of hydrogen-bond acceptors (Lipinski definition) is 0. The molecule has 0 saturated carbocycles. The Morgan fingerprint density at radius 3 is 1.25 bits per heavy atom. The van der Waals surface area contributed by atoms with Crippen LogP contribution in [0, 0.1) is 13.8 Å². The summed E-state index contributed by atoms with van der Waals surface area (Å²) >= 11 is 0. The highest BCUT2D eigenvalue weighted by molar-refractivity contribution is 5.33. The maximum atomic E-state index is 2.40. The van der Waals surface area contributed by atoms with E-state index < -0.39 is 0 Å². The summed E-state index contributed by atoms with van der Waals surface area (Å²) in [7, 11) is 0. The lowest BCUT2D eigenvalue weighted by molar-refractivity contribution is 0.600. The average molecular weight is 262 g/mol. The van der Waals surface area contributed by atoms with Crippen molar-refractivity contribution in [3.8, 4) is 0 Å². The van der Waals surface area contributed by atoms with Crippen molar-refractivity contribution < 1.29 is 0 Å². The fourth-order valence-corrected chi connectivity index (χ4v) is 3.00. The second-order valence-electron chi connectivity index (χ2n) is 6.00. The SMILES string of the molecule is Cc1ccc(C2C=CC(c3ccc(C)cc3)CC2)cc1. The van der Waals surface area contributed by atoms with Crippen molar-refractivity contribution in [2.75, 3.05) is 0 Å². The number of allylic oxidation sites excluding steroid dienone is 2. The fourth-order valence-electron chi connectivity index (χ4n) is 3.00. The van der Waals surface area contributed by atoms with Crippen LogP contribution < -0.4 is 0 Å². The van der Waals surface area contributed by atoms with Crippen molar-refractivity contribution >= 4 is 0 Å². The lowest BCUT2D eigenvalue weighted by atomic mass is 9.81. The summed E-state index contributed by atoms with van der Waals surface area (Å²) in [6.07, 6.45) is 7.30. The van der Waals surface area contributed by atoms with Crippen LogP contribution in [0.3, 0.4) is 0 Å². The standard InChI is InChI=1S/C20H22/c1-15-3-7-17(8-4-15)19-11-13-20(14-12-19)18-9-5-16(2)6-10-18/h3-11,13,19-20H,12,14H2,1-2H3. The van der Waals surface area contributed by atoms with E-state index in [2.05, 4.69) is 74.5 Å². The monoisotopic (exact) mass is 262 g/mol. The Balaban J connectivity index is 1.74. The van der Waals surface area contributed by atoms with Gasteiger partial charge in [-0.2, -0.15) is 0 Å². The molecule has 0 aliphatic heterocycles. The summed E-state index contributed by atoms with van der Waals surface area (Å²) in [5.41, 5.74) is 5.58. The van der Waals surface area contributed by atoms with E-state index in [1.54, 1.807) is 0 Å². The lowest BCUT2D eigenvalue weighted by Gasteiger charge is -2.23. The second kappa shape index (κ2) is 5.66. The normalized spacial score (nSPS) is 21.9. The van der Waals surface area contributed by atoms with E-state index in [0.29, 0.717) is 11.8 Å². The van der Waals surface area contributed by atoms with Crippen molar-refractivity contribution in [1.29, 1.82) is 0 Å². The zero-order valence-electron chi connectivity index (χ0n) is 12.3. The van der Waals surface area contributed by atoms with Crippen LogP contribution in [0.5, 0.6) is 0 Å². The lowest BCUT2D eigenvalue weighted by Crippen LogP contribution is -2.06. The summed E-state index contributed by atoms with van der Waals surface area (Å²) in [4.78, 5) is 0. The molecular formula is C20H22. The predicted octanol–water partition coefficient (Wildman–Crippen LogP) is 5.52. The molecule has 2 aromatic rings. The molecule has 0 fully saturated rings. The third-order valence-electron chi connectivity index (χ3n) is 4.38. The van der Waals surface area contributed by atoms with Crippen LogP contribution in [0.1, 0.15) is 46.9 Å². The molecule has 2 aromatic carbocycles. The van der Waals surface area contributed by atoms with Crippen LogP contribution in [-0.4, -0.2) is 0 Å². The summed E-state index contributed by atoms with van der Waals surface area (Å²) in [5, 5.41) is 0. The summed E-state index contributed by atoms with van der Waals surface area (Å²) in [5.74, 6) is 1.19. The summed E-state index contributed by atoms with van der Waals surface area (Å²) < 4.78 is 0. The predicted molar refractivity (Wildman–Crippen MR) is 86.2 cm³/mol. The van der Waals surface area contributed by atoms with E-state index in [1.807, 2.05) is 0 Å². The van der Waals surface area contributed by atoms with Gasteiger partial charge in [0.2, 0.25) is 0 Å². The van der Waals surface area contributed by atoms with Gasteiger partial charge in [0.05, 0.1) is 0 Å². The molecule has 1 aliphatic carbocycles. The van der Waals surface area contributed by atoms with Gasteiger partial charge in [0.25, 0.3) is 0 Å². The van der Waals surface area contributed by atoms with E-state index in [4.69, 9.17) is 0 Å². The number of hydrogen-bond donors (Lipinski definition) is 0. The Morgan fingerprint density at radius 1 is 0.600 bits per heavy atom. The van der Waals surface area contributed by atoms with E-state index in [9.17, 15) is 0 Å².